The molecule has 4 aliphatic rings. The summed E-state index contributed by atoms with van der Waals surface area (Å²) in [6.07, 6.45) is 7.21. The summed E-state index contributed by atoms with van der Waals surface area (Å²) in [7, 11) is 0. The van der Waals surface area contributed by atoms with E-state index in [2.05, 4.69) is 6.92 Å². The van der Waals surface area contributed by atoms with Gasteiger partial charge in [0.05, 0.1) is 5.60 Å². The predicted molar refractivity (Wildman–Crippen MR) is 51.8 cm³/mol. The van der Waals surface area contributed by atoms with Gasteiger partial charge in [0.2, 0.25) is 0 Å². The smallest absolute Gasteiger partial charge is 0.0721 e. The van der Waals surface area contributed by atoms with Crippen molar-refractivity contribution in [3.05, 3.63) is 11.8 Å². The minimum absolute atomic E-state index is 0.353. The molecule has 0 aliphatic heterocycles. The molecular formula is C12H18O. The molecular weight excluding hydrogens is 160 g/mol. The first kappa shape index (κ1) is 8.28. The highest BCUT2D eigenvalue weighted by molar-refractivity contribution is 5.34. The fourth-order valence-corrected chi connectivity index (χ4v) is 4.17. The van der Waals surface area contributed by atoms with Crippen LogP contribution in [0.3, 0.4) is 0 Å². The van der Waals surface area contributed by atoms with Gasteiger partial charge in [0.1, 0.15) is 0 Å². The second-order valence-electron chi connectivity index (χ2n) is 5.25. The second kappa shape index (κ2) is 2.50. The lowest BCUT2D eigenvalue weighted by molar-refractivity contribution is -0.0692. The predicted octanol–water partition coefficient (Wildman–Crippen LogP) is 2.50. The first-order valence-electron chi connectivity index (χ1n) is 5.65. The van der Waals surface area contributed by atoms with Crippen molar-refractivity contribution in [1.29, 1.82) is 0 Å². The van der Waals surface area contributed by atoms with Gasteiger partial charge in [-0.25, -0.2) is 0 Å². The third-order valence-corrected chi connectivity index (χ3v) is 4.33. The van der Waals surface area contributed by atoms with Gasteiger partial charge in [-0.3, -0.25) is 0 Å². The third kappa shape index (κ3) is 1.03. The first-order chi connectivity index (χ1) is 6.21. The number of hydrogen-bond acceptors (Lipinski definition) is 1. The topological polar surface area (TPSA) is 20.2 Å². The first-order valence-corrected chi connectivity index (χ1v) is 5.65. The molecule has 4 rings (SSSR count). The van der Waals surface area contributed by atoms with Gasteiger partial charge in [0.15, 0.2) is 0 Å². The van der Waals surface area contributed by atoms with Crippen LogP contribution in [0.25, 0.3) is 0 Å². The molecule has 4 aliphatic carbocycles. The molecule has 72 valence electrons. The Kier molecular flexibility index (Phi) is 1.59. The molecule has 2 radical (unpaired) electrons. The van der Waals surface area contributed by atoms with Crippen LogP contribution >= 0.6 is 0 Å². The van der Waals surface area contributed by atoms with E-state index in [1.54, 1.807) is 5.92 Å². The Morgan fingerprint density at radius 3 is 2.38 bits per heavy atom. The summed E-state index contributed by atoms with van der Waals surface area (Å²) in [5.41, 5.74) is -0.353. The zero-order chi connectivity index (χ0) is 9.05. The van der Waals surface area contributed by atoms with Gasteiger partial charge in [-0.05, 0) is 56.3 Å². The molecule has 0 aromatic carbocycles. The fraction of sp³-hybridized carbons (Fsp3) is 0.833. The van der Waals surface area contributed by atoms with Gasteiger partial charge in [-0.1, -0.05) is 6.92 Å². The molecule has 2 atom stereocenters. The van der Waals surface area contributed by atoms with Gasteiger partial charge in [0, 0.05) is 5.92 Å². The normalized spacial score (nSPS) is 50.3. The molecule has 0 aromatic rings. The lowest BCUT2D eigenvalue weighted by Crippen LogP contribution is -2.54. The Morgan fingerprint density at radius 1 is 1.31 bits per heavy atom. The third-order valence-electron chi connectivity index (χ3n) is 4.33. The van der Waals surface area contributed by atoms with E-state index in [1.807, 2.05) is 0 Å². The van der Waals surface area contributed by atoms with E-state index < -0.39 is 0 Å². The van der Waals surface area contributed by atoms with Crippen LogP contribution in [0.5, 0.6) is 0 Å². The van der Waals surface area contributed by atoms with E-state index >= 15 is 0 Å². The molecule has 4 bridgehead atoms. The highest BCUT2D eigenvalue weighted by Crippen LogP contribution is 2.61. The quantitative estimate of drug-likeness (QED) is 0.654. The van der Waals surface area contributed by atoms with Crippen molar-refractivity contribution >= 4 is 0 Å². The van der Waals surface area contributed by atoms with Crippen molar-refractivity contribution < 1.29 is 5.11 Å². The van der Waals surface area contributed by atoms with Crippen LogP contribution in [0.4, 0.5) is 0 Å². The van der Waals surface area contributed by atoms with Crippen molar-refractivity contribution in [2.75, 3.05) is 0 Å². The van der Waals surface area contributed by atoms with Gasteiger partial charge in [0.25, 0.3) is 0 Å². The molecule has 1 nitrogen and oxygen atoms in total. The summed E-state index contributed by atoms with van der Waals surface area (Å²) in [6.45, 7) is 2.20. The molecule has 0 heterocycles. The Balaban J connectivity index is 1.93. The zero-order valence-electron chi connectivity index (χ0n) is 8.34. The average Bonchev–Trinajstić information content (AvgIpc) is 2.00. The van der Waals surface area contributed by atoms with Crippen LogP contribution in [0.1, 0.15) is 45.4 Å². The largest absolute Gasteiger partial charge is 0.389 e. The summed E-state index contributed by atoms with van der Waals surface area (Å²) in [4.78, 5) is 0. The molecule has 0 amide bonds. The van der Waals surface area contributed by atoms with Gasteiger partial charge >= 0.3 is 0 Å². The lowest BCUT2D eigenvalue weighted by atomic mass is 9.49. The highest BCUT2D eigenvalue weighted by Gasteiger charge is 2.55. The minimum atomic E-state index is -0.353. The molecule has 2 unspecified atom stereocenters. The van der Waals surface area contributed by atoms with E-state index in [1.165, 1.54) is 25.2 Å². The number of rotatable bonds is 1. The maximum Gasteiger partial charge on any atom is 0.0721 e. The fourth-order valence-electron chi connectivity index (χ4n) is 4.17. The minimum Gasteiger partial charge on any atom is -0.389 e. The molecule has 4 fully saturated rings. The van der Waals surface area contributed by atoms with Gasteiger partial charge in [-0.15, -0.1) is 0 Å². The van der Waals surface area contributed by atoms with Gasteiger partial charge < -0.3 is 5.11 Å². The van der Waals surface area contributed by atoms with Crippen LogP contribution in [0.15, 0.2) is 0 Å². The molecule has 0 spiro atoms. The highest BCUT2D eigenvalue weighted by atomic mass is 16.3. The second-order valence-corrected chi connectivity index (χ2v) is 5.25. The van der Waals surface area contributed by atoms with Crippen LogP contribution < -0.4 is 0 Å². The Labute approximate surface area is 80.5 Å². The summed E-state index contributed by atoms with van der Waals surface area (Å²) < 4.78 is 0. The van der Waals surface area contributed by atoms with Crippen LogP contribution in [0, 0.1) is 23.7 Å². The van der Waals surface area contributed by atoms with E-state index in [0.29, 0.717) is 0 Å². The van der Waals surface area contributed by atoms with Gasteiger partial charge in [-0.2, -0.15) is 0 Å². The number of aliphatic hydroxyl groups is 1. The van der Waals surface area contributed by atoms with Crippen molar-refractivity contribution in [2.24, 2.45) is 11.8 Å². The molecule has 0 saturated heterocycles. The Bertz CT molecular complexity index is 209. The molecule has 4 saturated carbocycles. The van der Waals surface area contributed by atoms with E-state index in [0.717, 1.165) is 31.1 Å². The summed E-state index contributed by atoms with van der Waals surface area (Å²) in [5, 5.41) is 10.5. The Hall–Kier alpha value is -0.0400. The SMILES string of the molecule is CC[C]1[C]2CC3CC(C2)CC1(O)C3. The maximum atomic E-state index is 10.5. The monoisotopic (exact) mass is 178 g/mol. The standard InChI is InChI=1S/C12H18O/c1-2-11-10-4-8-3-9(5-10)7-12(11,13)6-8/h8-9,13H,2-7H2,1H3. The van der Waals surface area contributed by atoms with E-state index in [4.69, 9.17) is 0 Å². The van der Waals surface area contributed by atoms with Crippen molar-refractivity contribution in [1.82, 2.24) is 0 Å². The summed E-state index contributed by atoms with van der Waals surface area (Å²) >= 11 is 0. The lowest BCUT2D eigenvalue weighted by Gasteiger charge is -2.58. The molecule has 13 heavy (non-hydrogen) atoms. The Morgan fingerprint density at radius 2 is 1.92 bits per heavy atom. The van der Waals surface area contributed by atoms with Crippen molar-refractivity contribution in [3.63, 3.8) is 0 Å². The summed E-state index contributed by atoms with van der Waals surface area (Å²) in [5.74, 6) is 4.69. The van der Waals surface area contributed by atoms with Crippen LogP contribution in [0.2, 0.25) is 0 Å². The molecule has 1 heteroatoms. The molecule has 1 N–H and O–H groups in total. The van der Waals surface area contributed by atoms with Crippen molar-refractivity contribution in [3.8, 4) is 0 Å². The van der Waals surface area contributed by atoms with Crippen LogP contribution in [-0.4, -0.2) is 10.7 Å². The van der Waals surface area contributed by atoms with E-state index in [-0.39, 0.29) is 5.60 Å². The van der Waals surface area contributed by atoms with Crippen LogP contribution in [-0.2, 0) is 0 Å². The van der Waals surface area contributed by atoms with E-state index in [9.17, 15) is 5.11 Å². The summed E-state index contributed by atoms with van der Waals surface area (Å²) in [6, 6.07) is 0. The zero-order valence-corrected chi connectivity index (χ0v) is 8.34. The molecule has 0 aromatic heterocycles. The number of hydrogen-bond donors (Lipinski definition) is 1. The average molecular weight is 178 g/mol. The maximum absolute atomic E-state index is 10.5. The van der Waals surface area contributed by atoms with Crippen molar-refractivity contribution in [2.45, 2.75) is 51.0 Å².